The number of carbonyl (C=O) groups is 2. The predicted molar refractivity (Wildman–Crippen MR) is 101 cm³/mol. The van der Waals surface area contributed by atoms with Gasteiger partial charge in [0.15, 0.2) is 0 Å². The second-order valence-corrected chi connectivity index (χ2v) is 6.54. The van der Waals surface area contributed by atoms with Gasteiger partial charge in [0.1, 0.15) is 5.41 Å². The fourth-order valence-corrected chi connectivity index (χ4v) is 3.43. The Kier molecular flexibility index (Phi) is 9.16. The molecule has 2 amide bonds. The molecule has 0 aliphatic carbocycles. The van der Waals surface area contributed by atoms with Gasteiger partial charge >= 0.3 is 29.6 Å². The monoisotopic (exact) mass is 376 g/mol. The van der Waals surface area contributed by atoms with Crippen LogP contribution >= 0.6 is 0 Å². The molecule has 2 aromatic carbocycles. The molecule has 0 fully saturated rings. The number of nitrogens with zero attached hydrogens (tertiary/aromatic N) is 1. The van der Waals surface area contributed by atoms with Crippen LogP contribution in [0.5, 0.6) is 0 Å². The van der Waals surface area contributed by atoms with Crippen LogP contribution in [-0.4, -0.2) is 17.8 Å². The van der Waals surface area contributed by atoms with Gasteiger partial charge in [-0.2, -0.15) is 0 Å². The van der Waals surface area contributed by atoms with Gasteiger partial charge in [-0.25, -0.2) is 4.99 Å². The van der Waals surface area contributed by atoms with Crippen molar-refractivity contribution < 1.29 is 44.3 Å². The number of rotatable bonds is 4. The molecule has 0 saturated carbocycles. The minimum Gasteiger partial charge on any atom is -0.846 e. The minimum atomic E-state index is -1.15. The van der Waals surface area contributed by atoms with Gasteiger partial charge in [0.2, 0.25) is 5.91 Å². The zero-order valence-corrected chi connectivity index (χ0v) is 18.5. The summed E-state index contributed by atoms with van der Waals surface area (Å²) in [5, 5.41) is 15.7. The molecule has 0 aromatic heterocycles. The van der Waals surface area contributed by atoms with Crippen molar-refractivity contribution in [2.45, 2.75) is 40.0 Å². The van der Waals surface area contributed by atoms with Crippen LogP contribution < -0.4 is 40.0 Å². The van der Waals surface area contributed by atoms with Crippen LogP contribution in [0.3, 0.4) is 0 Å². The Labute approximate surface area is 182 Å². The molecule has 6 heteroatoms. The first-order chi connectivity index (χ1) is 12.5. The van der Waals surface area contributed by atoms with Crippen LogP contribution in [-0.2, 0) is 9.59 Å². The van der Waals surface area contributed by atoms with E-state index in [1.165, 1.54) is 10.8 Å². The van der Waals surface area contributed by atoms with Crippen LogP contribution in [0, 0.1) is 11.3 Å². The number of hydrogen-bond donors (Lipinski definition) is 1. The molecule has 5 nitrogen and oxygen atoms in total. The van der Waals surface area contributed by atoms with Crippen LogP contribution in [0.25, 0.3) is 10.8 Å². The van der Waals surface area contributed by atoms with Gasteiger partial charge in [-0.05, 0) is 29.5 Å². The average Bonchev–Trinajstić information content (AvgIpc) is 2.63. The third kappa shape index (κ3) is 5.18. The van der Waals surface area contributed by atoms with E-state index in [9.17, 15) is 14.7 Å². The van der Waals surface area contributed by atoms with Crippen molar-refractivity contribution in [2.24, 2.45) is 16.3 Å². The third-order valence-corrected chi connectivity index (χ3v) is 4.99. The van der Waals surface area contributed by atoms with Crippen molar-refractivity contribution in [2.75, 3.05) is 0 Å². The van der Waals surface area contributed by atoms with Gasteiger partial charge in [-0.15, -0.1) is 0 Å². The fourth-order valence-electron chi connectivity index (χ4n) is 3.43. The van der Waals surface area contributed by atoms with Crippen LogP contribution in [0.1, 0.15) is 40.0 Å². The molecule has 3 rings (SSSR count). The Morgan fingerprint density at radius 2 is 1.52 bits per heavy atom. The fraction of sp³-hybridized carbons (Fsp3) is 0.381. The second-order valence-electron chi connectivity index (χ2n) is 6.54. The Morgan fingerprint density at radius 3 is 1.89 bits per heavy atom. The second kappa shape index (κ2) is 10.6. The number of nitrogens with one attached hydrogen (secondary N) is 1. The maximum Gasteiger partial charge on any atom is 1.00 e. The van der Waals surface area contributed by atoms with Gasteiger partial charge in [-0.3, -0.25) is 9.59 Å². The third-order valence-electron chi connectivity index (χ3n) is 4.99. The van der Waals surface area contributed by atoms with E-state index in [0.717, 1.165) is 12.8 Å². The first-order valence-corrected chi connectivity index (χ1v) is 9.01. The SMILES string of the molecule is CCCC(C)C1(CC)C(=O)N=C([O-])NC1=O.[Na+].c1ccc2ccccc2c1. The van der Waals surface area contributed by atoms with Crippen LogP contribution in [0.2, 0.25) is 0 Å². The Hall–Kier alpha value is -1.69. The molecule has 0 bridgehead atoms. The van der Waals surface area contributed by atoms with Gasteiger partial charge < -0.3 is 10.4 Å². The Morgan fingerprint density at radius 1 is 1.04 bits per heavy atom. The summed E-state index contributed by atoms with van der Waals surface area (Å²) in [6.45, 7) is 5.62. The van der Waals surface area contributed by atoms with Crippen LogP contribution in [0.15, 0.2) is 53.5 Å². The van der Waals surface area contributed by atoms with Crippen molar-refractivity contribution in [3.63, 3.8) is 0 Å². The summed E-state index contributed by atoms with van der Waals surface area (Å²) < 4.78 is 0. The first kappa shape index (κ1) is 23.3. The van der Waals surface area contributed by atoms with Crippen molar-refractivity contribution in [3.8, 4) is 0 Å². The summed E-state index contributed by atoms with van der Waals surface area (Å²) in [6, 6.07) is 15.9. The van der Waals surface area contributed by atoms with E-state index in [0.29, 0.717) is 6.42 Å². The van der Waals surface area contributed by atoms with E-state index < -0.39 is 23.3 Å². The molecule has 1 N–H and O–H groups in total. The summed E-state index contributed by atoms with van der Waals surface area (Å²) >= 11 is 0. The predicted octanol–water partition coefficient (Wildman–Crippen LogP) is 0.0355. The van der Waals surface area contributed by atoms with Gasteiger partial charge in [0, 0.05) is 0 Å². The minimum absolute atomic E-state index is 0. The molecule has 2 unspecified atom stereocenters. The van der Waals surface area contributed by atoms with E-state index in [4.69, 9.17) is 0 Å². The van der Waals surface area contributed by atoms with E-state index in [1.54, 1.807) is 6.92 Å². The topological polar surface area (TPSA) is 81.6 Å². The summed E-state index contributed by atoms with van der Waals surface area (Å²) in [6.07, 6.45) is 2.02. The number of amidine groups is 1. The summed E-state index contributed by atoms with van der Waals surface area (Å²) in [4.78, 5) is 27.1. The van der Waals surface area contributed by atoms with E-state index in [1.807, 2.05) is 13.8 Å². The van der Waals surface area contributed by atoms with E-state index in [2.05, 4.69) is 58.8 Å². The molecular formula is C21H25N2NaO3. The van der Waals surface area contributed by atoms with Crippen molar-refractivity contribution in [3.05, 3.63) is 48.5 Å². The molecule has 2 aromatic rings. The normalized spacial score (nSPS) is 19.9. The molecule has 1 aliphatic rings. The molecule has 0 radical (unpaired) electrons. The smallest absolute Gasteiger partial charge is 0.846 e. The molecule has 2 atom stereocenters. The van der Waals surface area contributed by atoms with Gasteiger partial charge in [0.25, 0.3) is 5.91 Å². The molecule has 27 heavy (non-hydrogen) atoms. The van der Waals surface area contributed by atoms with Crippen LogP contribution in [0.4, 0.5) is 0 Å². The standard InChI is InChI=1S/C11H18N2O3.C10H8.Na/c1-4-6-7(3)11(5-2)8(14)12-10(16)13-9(11)15;1-2-6-10-8-4-3-7-9(10)5-1;/h7H,4-6H2,1-3H3,(H2,12,13,14,15,16);1-8H;/q;;+1/p-1. The number of benzene rings is 2. The summed E-state index contributed by atoms with van der Waals surface area (Å²) in [7, 11) is 0. The van der Waals surface area contributed by atoms with E-state index in [-0.39, 0.29) is 35.5 Å². The maximum absolute atomic E-state index is 11.9. The van der Waals surface area contributed by atoms with Gasteiger partial charge in [0.05, 0.1) is 6.02 Å². The van der Waals surface area contributed by atoms with Gasteiger partial charge in [-0.1, -0.05) is 75.7 Å². The van der Waals surface area contributed by atoms with Crippen molar-refractivity contribution in [1.29, 1.82) is 0 Å². The zero-order chi connectivity index (χ0) is 19.2. The number of hydrogen-bond acceptors (Lipinski definition) is 3. The zero-order valence-electron chi connectivity index (χ0n) is 16.5. The quantitative estimate of drug-likeness (QED) is 0.604. The number of fused-ring (bicyclic) bond motifs is 1. The number of carbonyl (C=O) groups excluding carboxylic acids is 2. The molecule has 138 valence electrons. The number of aliphatic imine (C=N–C) groups is 1. The molecule has 0 spiro atoms. The average molecular weight is 376 g/mol. The van der Waals surface area contributed by atoms with Crippen molar-refractivity contribution in [1.82, 2.24) is 5.32 Å². The molecule has 1 heterocycles. The van der Waals surface area contributed by atoms with E-state index >= 15 is 0 Å². The summed E-state index contributed by atoms with van der Waals surface area (Å²) in [5.41, 5.74) is -1.15. The molecule has 1 aliphatic heterocycles. The summed E-state index contributed by atoms with van der Waals surface area (Å²) in [5.74, 6) is -1.20. The largest absolute Gasteiger partial charge is 1.00 e. The molecule has 0 saturated heterocycles. The number of amides is 2. The Balaban J connectivity index is 0.000000284. The van der Waals surface area contributed by atoms with Crippen molar-refractivity contribution >= 4 is 28.6 Å². The maximum atomic E-state index is 11.9. The Bertz CT molecular complexity index is 756. The first-order valence-electron chi connectivity index (χ1n) is 9.01. The molecular weight excluding hydrogens is 351 g/mol.